The van der Waals surface area contributed by atoms with Crippen molar-refractivity contribution in [3.05, 3.63) is 29.8 Å². The van der Waals surface area contributed by atoms with Crippen molar-refractivity contribution in [3.8, 4) is 5.75 Å². The first-order valence-corrected chi connectivity index (χ1v) is 5.92. The molecular formula is C13H19NO2. The van der Waals surface area contributed by atoms with E-state index in [9.17, 15) is 0 Å². The van der Waals surface area contributed by atoms with Crippen LogP contribution in [0.5, 0.6) is 5.75 Å². The smallest absolute Gasteiger partial charge is 0.145 e. The maximum Gasteiger partial charge on any atom is 0.145 e. The Morgan fingerprint density at radius 3 is 2.50 bits per heavy atom. The lowest BCUT2D eigenvalue weighted by atomic mass is 10.1. The molecule has 1 aromatic rings. The van der Waals surface area contributed by atoms with Gasteiger partial charge < -0.3 is 15.2 Å². The van der Waals surface area contributed by atoms with E-state index in [1.165, 1.54) is 5.56 Å². The number of hydrogen-bond donors (Lipinski definition) is 1. The molecule has 0 radical (unpaired) electrons. The molecule has 88 valence electrons. The van der Waals surface area contributed by atoms with Gasteiger partial charge in [0.25, 0.3) is 0 Å². The van der Waals surface area contributed by atoms with Gasteiger partial charge in [0.2, 0.25) is 0 Å². The number of rotatable bonds is 6. The van der Waals surface area contributed by atoms with Crippen LogP contribution in [0, 0.1) is 0 Å². The first kappa shape index (κ1) is 11.4. The first-order valence-electron chi connectivity index (χ1n) is 5.92. The number of hydrogen-bond acceptors (Lipinski definition) is 3. The van der Waals surface area contributed by atoms with Crippen molar-refractivity contribution in [1.29, 1.82) is 0 Å². The molecule has 2 N–H and O–H groups in total. The Balaban J connectivity index is 1.78. The van der Waals surface area contributed by atoms with Crippen molar-refractivity contribution in [1.82, 2.24) is 0 Å². The second-order valence-electron chi connectivity index (χ2n) is 4.17. The summed E-state index contributed by atoms with van der Waals surface area (Å²) in [6.07, 6.45) is 3.61. The summed E-state index contributed by atoms with van der Waals surface area (Å²) in [4.78, 5) is 0. The molecule has 1 saturated heterocycles. The van der Waals surface area contributed by atoms with Crippen LogP contribution in [0.1, 0.15) is 18.4 Å². The van der Waals surface area contributed by atoms with Gasteiger partial charge in [0.15, 0.2) is 0 Å². The molecule has 0 saturated carbocycles. The van der Waals surface area contributed by atoms with E-state index >= 15 is 0 Å². The zero-order valence-corrected chi connectivity index (χ0v) is 9.52. The summed E-state index contributed by atoms with van der Waals surface area (Å²) < 4.78 is 10.7. The minimum absolute atomic E-state index is 0.253. The molecular weight excluding hydrogens is 202 g/mol. The molecule has 0 aliphatic carbocycles. The van der Waals surface area contributed by atoms with Crippen LogP contribution < -0.4 is 10.5 Å². The average molecular weight is 221 g/mol. The molecule has 1 aromatic carbocycles. The Morgan fingerprint density at radius 2 is 1.94 bits per heavy atom. The molecule has 1 fully saturated rings. The SMILES string of the molecule is NCCCCc1ccc(OC2COC2)cc1. The van der Waals surface area contributed by atoms with Crippen molar-refractivity contribution in [2.45, 2.75) is 25.4 Å². The third-order valence-corrected chi connectivity index (χ3v) is 2.75. The van der Waals surface area contributed by atoms with E-state index in [1.807, 2.05) is 12.1 Å². The summed E-state index contributed by atoms with van der Waals surface area (Å²) in [6.45, 7) is 2.22. The summed E-state index contributed by atoms with van der Waals surface area (Å²) >= 11 is 0. The van der Waals surface area contributed by atoms with Crippen LogP contribution in [0.15, 0.2) is 24.3 Å². The van der Waals surface area contributed by atoms with Gasteiger partial charge in [-0.1, -0.05) is 12.1 Å². The van der Waals surface area contributed by atoms with Gasteiger partial charge in [0.1, 0.15) is 11.9 Å². The van der Waals surface area contributed by atoms with Gasteiger partial charge in [-0.15, -0.1) is 0 Å². The van der Waals surface area contributed by atoms with Crippen LogP contribution in [0.25, 0.3) is 0 Å². The molecule has 0 unspecified atom stereocenters. The molecule has 0 spiro atoms. The summed E-state index contributed by atoms with van der Waals surface area (Å²) in [6, 6.07) is 8.34. The Bertz CT molecular complexity index is 306. The minimum atomic E-state index is 0.253. The van der Waals surface area contributed by atoms with E-state index < -0.39 is 0 Å². The molecule has 3 nitrogen and oxygen atoms in total. The van der Waals surface area contributed by atoms with Crippen LogP contribution in [0.3, 0.4) is 0 Å². The van der Waals surface area contributed by atoms with E-state index in [2.05, 4.69) is 12.1 Å². The van der Waals surface area contributed by atoms with Gasteiger partial charge in [-0.25, -0.2) is 0 Å². The second kappa shape index (κ2) is 5.87. The molecule has 1 aliphatic heterocycles. The van der Waals surface area contributed by atoms with Crippen LogP contribution >= 0.6 is 0 Å². The van der Waals surface area contributed by atoms with E-state index in [-0.39, 0.29) is 6.10 Å². The zero-order chi connectivity index (χ0) is 11.2. The number of unbranched alkanes of at least 4 members (excludes halogenated alkanes) is 1. The summed E-state index contributed by atoms with van der Waals surface area (Å²) in [5.74, 6) is 0.941. The quantitative estimate of drug-likeness (QED) is 0.744. The number of aryl methyl sites for hydroxylation is 1. The zero-order valence-electron chi connectivity index (χ0n) is 9.52. The van der Waals surface area contributed by atoms with Gasteiger partial charge >= 0.3 is 0 Å². The molecule has 0 bridgehead atoms. The van der Waals surface area contributed by atoms with Crippen molar-refractivity contribution in [3.63, 3.8) is 0 Å². The highest BCUT2D eigenvalue weighted by Gasteiger charge is 2.19. The van der Waals surface area contributed by atoms with Crippen molar-refractivity contribution in [2.75, 3.05) is 19.8 Å². The molecule has 3 heteroatoms. The van der Waals surface area contributed by atoms with Gasteiger partial charge in [-0.2, -0.15) is 0 Å². The molecule has 2 rings (SSSR count). The number of nitrogens with two attached hydrogens (primary N) is 1. The standard InChI is InChI=1S/C13H19NO2/c14-8-2-1-3-11-4-6-12(7-5-11)16-13-9-15-10-13/h4-7,13H,1-3,8-10,14H2. The first-order chi connectivity index (χ1) is 7.88. The van der Waals surface area contributed by atoms with E-state index in [0.717, 1.165) is 44.8 Å². The maximum absolute atomic E-state index is 5.69. The molecule has 16 heavy (non-hydrogen) atoms. The second-order valence-corrected chi connectivity index (χ2v) is 4.17. The van der Waals surface area contributed by atoms with Gasteiger partial charge in [0.05, 0.1) is 13.2 Å². The average Bonchev–Trinajstić information content (AvgIpc) is 2.26. The van der Waals surface area contributed by atoms with E-state index in [0.29, 0.717) is 0 Å². The van der Waals surface area contributed by atoms with E-state index in [1.54, 1.807) is 0 Å². The molecule has 0 aromatic heterocycles. The molecule has 0 amide bonds. The topological polar surface area (TPSA) is 44.5 Å². The Kier molecular flexibility index (Phi) is 4.19. The number of ether oxygens (including phenoxy) is 2. The van der Waals surface area contributed by atoms with E-state index in [4.69, 9.17) is 15.2 Å². The van der Waals surface area contributed by atoms with Crippen LogP contribution in [0.4, 0.5) is 0 Å². The van der Waals surface area contributed by atoms with Crippen LogP contribution in [0.2, 0.25) is 0 Å². The predicted molar refractivity (Wildman–Crippen MR) is 63.7 cm³/mol. The fraction of sp³-hybridized carbons (Fsp3) is 0.538. The van der Waals surface area contributed by atoms with Crippen molar-refractivity contribution >= 4 is 0 Å². The lowest BCUT2D eigenvalue weighted by Crippen LogP contribution is -2.38. The molecule has 1 aliphatic rings. The van der Waals surface area contributed by atoms with Crippen molar-refractivity contribution < 1.29 is 9.47 Å². The highest BCUT2D eigenvalue weighted by atomic mass is 16.6. The highest BCUT2D eigenvalue weighted by Crippen LogP contribution is 2.17. The van der Waals surface area contributed by atoms with Crippen LogP contribution in [-0.4, -0.2) is 25.9 Å². The molecule has 0 atom stereocenters. The molecule has 1 heterocycles. The third kappa shape index (κ3) is 3.22. The normalized spacial score (nSPS) is 15.8. The monoisotopic (exact) mass is 221 g/mol. The largest absolute Gasteiger partial charge is 0.486 e. The summed E-state index contributed by atoms with van der Waals surface area (Å²) in [5.41, 5.74) is 6.81. The van der Waals surface area contributed by atoms with Gasteiger partial charge in [0, 0.05) is 0 Å². The summed E-state index contributed by atoms with van der Waals surface area (Å²) in [5, 5.41) is 0. The van der Waals surface area contributed by atoms with Gasteiger partial charge in [-0.05, 0) is 43.5 Å². The lowest BCUT2D eigenvalue weighted by molar-refractivity contribution is -0.0796. The highest BCUT2D eigenvalue weighted by molar-refractivity contribution is 5.27. The van der Waals surface area contributed by atoms with Crippen LogP contribution in [-0.2, 0) is 11.2 Å². The Hall–Kier alpha value is -1.06. The lowest BCUT2D eigenvalue weighted by Gasteiger charge is -2.26. The fourth-order valence-electron chi connectivity index (χ4n) is 1.68. The predicted octanol–water partition coefficient (Wildman–Crippen LogP) is 1.75. The maximum atomic E-state index is 5.69. The van der Waals surface area contributed by atoms with Gasteiger partial charge in [-0.3, -0.25) is 0 Å². The minimum Gasteiger partial charge on any atom is -0.486 e. The number of benzene rings is 1. The third-order valence-electron chi connectivity index (χ3n) is 2.75. The summed E-state index contributed by atoms with van der Waals surface area (Å²) in [7, 11) is 0. The Labute approximate surface area is 96.5 Å². The van der Waals surface area contributed by atoms with Crippen molar-refractivity contribution in [2.24, 2.45) is 5.73 Å². The Morgan fingerprint density at radius 1 is 1.19 bits per heavy atom. The fourth-order valence-corrected chi connectivity index (χ4v) is 1.68.